The van der Waals surface area contributed by atoms with Crippen molar-refractivity contribution in [2.45, 2.75) is 219 Å². The van der Waals surface area contributed by atoms with Gasteiger partial charge in [0.1, 0.15) is 12.6 Å². The maximum absolute atomic E-state index is 12.7. The summed E-state index contributed by atoms with van der Waals surface area (Å²) < 4.78 is 17.2. The van der Waals surface area contributed by atoms with Crippen LogP contribution in [0.15, 0.2) is 48.6 Å². The van der Waals surface area contributed by atoms with Gasteiger partial charge in [-0.3, -0.25) is 9.59 Å². The van der Waals surface area contributed by atoms with Crippen molar-refractivity contribution in [3.63, 3.8) is 0 Å². The first-order chi connectivity index (χ1) is 28.6. The summed E-state index contributed by atoms with van der Waals surface area (Å²) in [6.07, 6.45) is 49.9. The monoisotopic (exact) mass is 830 g/mol. The average molecular weight is 830 g/mol. The Morgan fingerprint density at radius 2 is 0.881 bits per heavy atom. The molecule has 8 heteroatoms. The van der Waals surface area contributed by atoms with Crippen molar-refractivity contribution in [2.75, 3.05) is 41.0 Å². The first kappa shape index (κ1) is 56.3. The van der Waals surface area contributed by atoms with E-state index in [4.69, 9.17) is 14.2 Å². The van der Waals surface area contributed by atoms with Crippen LogP contribution >= 0.6 is 0 Å². The number of rotatable bonds is 43. The highest BCUT2D eigenvalue weighted by molar-refractivity contribution is 5.70. The summed E-state index contributed by atoms with van der Waals surface area (Å²) in [5, 5.41) is 11.6. The van der Waals surface area contributed by atoms with Crippen LogP contribution in [-0.4, -0.2) is 75.5 Å². The molecule has 0 fully saturated rings. The van der Waals surface area contributed by atoms with Gasteiger partial charge in [-0.05, 0) is 64.2 Å². The molecule has 0 amide bonds. The fourth-order valence-electron chi connectivity index (χ4n) is 6.93. The second-order valence-corrected chi connectivity index (χ2v) is 17.4. The number of ether oxygens (including phenoxy) is 3. The number of hydrogen-bond donors (Lipinski definition) is 0. The molecule has 0 radical (unpaired) electrons. The number of esters is 2. The summed E-state index contributed by atoms with van der Waals surface area (Å²) >= 11 is 0. The first-order valence-electron chi connectivity index (χ1n) is 24.2. The van der Waals surface area contributed by atoms with Crippen LogP contribution in [0.25, 0.3) is 0 Å². The summed E-state index contributed by atoms with van der Waals surface area (Å²) in [6, 6.07) is -0.729. The van der Waals surface area contributed by atoms with Gasteiger partial charge in [0, 0.05) is 19.3 Å². The zero-order valence-electron chi connectivity index (χ0n) is 38.9. The molecule has 0 aromatic rings. The number of unbranched alkanes of at least 4 members (excludes halogenated alkanes) is 23. The highest BCUT2D eigenvalue weighted by Gasteiger charge is 2.25. The summed E-state index contributed by atoms with van der Waals surface area (Å²) in [7, 11) is 5.41. The van der Waals surface area contributed by atoms with Crippen LogP contribution in [0.3, 0.4) is 0 Å². The zero-order chi connectivity index (χ0) is 43.5. The Hall–Kier alpha value is -2.71. The van der Waals surface area contributed by atoms with Gasteiger partial charge in [-0.2, -0.15) is 0 Å². The number of aliphatic carboxylic acids is 1. The maximum Gasteiger partial charge on any atom is 0.306 e. The number of allylic oxidation sites excluding steroid dienone is 8. The molecule has 0 N–H and O–H groups in total. The van der Waals surface area contributed by atoms with Crippen LogP contribution in [-0.2, 0) is 28.6 Å². The Labute approximate surface area is 363 Å². The average Bonchev–Trinajstić information content (AvgIpc) is 3.19. The van der Waals surface area contributed by atoms with E-state index in [0.29, 0.717) is 12.8 Å². The molecule has 0 aromatic heterocycles. The molecule has 0 aliphatic heterocycles. The number of carbonyl (C=O) groups is 3. The minimum absolute atomic E-state index is 0.0347. The molecule has 59 heavy (non-hydrogen) atoms. The molecule has 0 aliphatic rings. The minimum Gasteiger partial charge on any atom is -0.544 e. The predicted octanol–water partition coefficient (Wildman–Crippen LogP) is 12.3. The molecular weight excluding hydrogens is 739 g/mol. The van der Waals surface area contributed by atoms with Crippen molar-refractivity contribution in [1.82, 2.24) is 0 Å². The Morgan fingerprint density at radius 3 is 1.31 bits per heavy atom. The fourth-order valence-corrected chi connectivity index (χ4v) is 6.93. The van der Waals surface area contributed by atoms with Gasteiger partial charge in [-0.25, -0.2) is 0 Å². The predicted molar refractivity (Wildman–Crippen MR) is 245 cm³/mol. The summed E-state index contributed by atoms with van der Waals surface area (Å²) in [5.74, 6) is -1.75. The SMILES string of the molecule is CCCCC/C=C/C=C/CCCCCCCCC(=O)OC(COCCC(C(=O)[O-])[N+](C)(C)C)COC(=O)CCCCCCCCCCCC/C=C/C=C/CCCCCC. The van der Waals surface area contributed by atoms with Crippen LogP contribution < -0.4 is 5.11 Å². The number of hydrogen-bond acceptors (Lipinski definition) is 7. The highest BCUT2D eigenvalue weighted by atomic mass is 16.6. The molecule has 0 bridgehead atoms. The topological polar surface area (TPSA) is 102 Å². The number of carboxylic acids is 1. The normalized spacial score (nSPS) is 13.3. The number of carbonyl (C=O) groups excluding carboxylic acids is 3. The Balaban J connectivity index is 4.28. The van der Waals surface area contributed by atoms with E-state index in [1.165, 1.54) is 116 Å². The van der Waals surface area contributed by atoms with Crippen LogP contribution in [0, 0.1) is 0 Å². The van der Waals surface area contributed by atoms with Crippen LogP contribution in [0.1, 0.15) is 206 Å². The van der Waals surface area contributed by atoms with Gasteiger partial charge in [-0.15, -0.1) is 0 Å². The molecular formula is C51H91NO7. The van der Waals surface area contributed by atoms with Gasteiger partial charge >= 0.3 is 11.9 Å². The van der Waals surface area contributed by atoms with Crippen LogP contribution in [0.5, 0.6) is 0 Å². The molecule has 0 spiro atoms. The third-order valence-electron chi connectivity index (χ3n) is 10.7. The van der Waals surface area contributed by atoms with E-state index in [2.05, 4.69) is 62.5 Å². The van der Waals surface area contributed by atoms with Crippen molar-refractivity contribution in [1.29, 1.82) is 0 Å². The third kappa shape index (κ3) is 40.5. The van der Waals surface area contributed by atoms with Crippen molar-refractivity contribution in [2.24, 2.45) is 0 Å². The maximum atomic E-state index is 12.7. The second kappa shape index (κ2) is 42.0. The quantitative estimate of drug-likeness (QED) is 0.0261. The van der Waals surface area contributed by atoms with E-state index in [1.807, 2.05) is 0 Å². The van der Waals surface area contributed by atoms with Crippen LogP contribution in [0.4, 0.5) is 0 Å². The van der Waals surface area contributed by atoms with E-state index in [-0.39, 0.29) is 42.7 Å². The molecule has 0 saturated carbocycles. The molecule has 8 nitrogen and oxygen atoms in total. The van der Waals surface area contributed by atoms with Crippen molar-refractivity contribution < 1.29 is 38.2 Å². The van der Waals surface area contributed by atoms with Gasteiger partial charge in [0.05, 0.1) is 40.3 Å². The summed E-state index contributed by atoms with van der Waals surface area (Å²) in [5.41, 5.74) is 0. The van der Waals surface area contributed by atoms with E-state index in [9.17, 15) is 19.5 Å². The van der Waals surface area contributed by atoms with Crippen molar-refractivity contribution >= 4 is 17.9 Å². The van der Waals surface area contributed by atoms with E-state index in [1.54, 1.807) is 21.1 Å². The fraction of sp³-hybridized carbons (Fsp3) is 0.784. The van der Waals surface area contributed by atoms with Crippen molar-refractivity contribution in [3.8, 4) is 0 Å². The lowest BCUT2D eigenvalue weighted by Gasteiger charge is -2.34. The number of nitrogens with zero attached hydrogens (tertiary/aromatic N) is 1. The summed E-state index contributed by atoms with van der Waals surface area (Å²) in [6.45, 7) is 4.61. The largest absolute Gasteiger partial charge is 0.544 e. The van der Waals surface area contributed by atoms with E-state index < -0.39 is 18.1 Å². The highest BCUT2D eigenvalue weighted by Crippen LogP contribution is 2.14. The number of likely N-dealkylation sites (N-methyl/N-ethyl adjacent to an activating group) is 1. The smallest absolute Gasteiger partial charge is 0.306 e. The summed E-state index contributed by atoms with van der Waals surface area (Å²) in [4.78, 5) is 36.9. The lowest BCUT2D eigenvalue weighted by molar-refractivity contribution is -0.889. The van der Waals surface area contributed by atoms with E-state index in [0.717, 1.165) is 57.8 Å². The second-order valence-electron chi connectivity index (χ2n) is 17.4. The van der Waals surface area contributed by atoms with Gasteiger partial charge in [0.2, 0.25) is 0 Å². The van der Waals surface area contributed by atoms with Crippen molar-refractivity contribution in [3.05, 3.63) is 48.6 Å². The first-order valence-corrected chi connectivity index (χ1v) is 24.2. The molecule has 342 valence electrons. The molecule has 2 atom stereocenters. The standard InChI is InChI=1S/C51H91NO7/c1-6-8-10-12-14-16-18-20-22-23-24-25-26-28-29-31-33-35-37-39-41-49(53)58-46-47(45-57-44-43-48(51(55)56)52(3,4)5)59-50(54)42-40-38-36-34-32-30-27-21-19-17-15-13-11-9-7-2/h15-22,47-48H,6-14,23-46H2,1-5H3/b17-15+,18-16+,21-19+,22-20+. The molecule has 2 unspecified atom stereocenters. The Kier molecular flexibility index (Phi) is 40.1. The molecule has 0 rings (SSSR count). The lowest BCUT2D eigenvalue weighted by Crippen LogP contribution is -2.55. The van der Waals surface area contributed by atoms with Gasteiger partial charge in [0.25, 0.3) is 0 Å². The zero-order valence-corrected chi connectivity index (χ0v) is 38.9. The molecule has 0 aromatic carbocycles. The molecule has 0 heterocycles. The van der Waals surface area contributed by atoms with Crippen LogP contribution in [0.2, 0.25) is 0 Å². The molecule has 0 aliphatic carbocycles. The molecule has 0 saturated heterocycles. The van der Waals surface area contributed by atoms with Gasteiger partial charge in [0.15, 0.2) is 6.10 Å². The van der Waals surface area contributed by atoms with Gasteiger partial charge in [-0.1, -0.05) is 172 Å². The minimum atomic E-state index is -1.13. The third-order valence-corrected chi connectivity index (χ3v) is 10.7. The van der Waals surface area contributed by atoms with E-state index >= 15 is 0 Å². The number of carboxylic acid groups (broad SMARTS) is 1. The van der Waals surface area contributed by atoms with Gasteiger partial charge < -0.3 is 28.6 Å². The Morgan fingerprint density at radius 1 is 0.508 bits per heavy atom. The lowest BCUT2D eigenvalue weighted by atomic mass is 10.1. The Bertz CT molecular complexity index is 1110. The number of quaternary nitrogens is 1.